The van der Waals surface area contributed by atoms with E-state index in [2.05, 4.69) is 12.1 Å². The molecule has 1 aliphatic carbocycles. The van der Waals surface area contributed by atoms with Crippen LogP contribution in [0.15, 0.2) is 48.5 Å². The summed E-state index contributed by atoms with van der Waals surface area (Å²) in [5.41, 5.74) is 4.42. The van der Waals surface area contributed by atoms with Crippen LogP contribution in [0.4, 0.5) is 4.79 Å². The highest BCUT2D eigenvalue weighted by atomic mass is 16.6. The number of hydrogen-bond acceptors (Lipinski definition) is 5. The number of nitrogens with zero attached hydrogens (tertiary/aromatic N) is 3. The van der Waals surface area contributed by atoms with E-state index in [9.17, 15) is 24.3 Å². The number of ether oxygens (including phenoxy) is 1. The Labute approximate surface area is 242 Å². The fraction of sp³-hybridized carbons (Fsp3) is 0.500. The van der Waals surface area contributed by atoms with Crippen molar-refractivity contribution in [3.8, 4) is 11.1 Å². The van der Waals surface area contributed by atoms with E-state index in [0.717, 1.165) is 41.5 Å². The zero-order valence-corrected chi connectivity index (χ0v) is 24.4. The van der Waals surface area contributed by atoms with Gasteiger partial charge in [0.1, 0.15) is 18.7 Å². The molecule has 0 radical (unpaired) electrons. The Morgan fingerprint density at radius 1 is 0.878 bits per heavy atom. The summed E-state index contributed by atoms with van der Waals surface area (Å²) in [4.78, 5) is 56.4. The number of rotatable bonds is 10. The number of aliphatic carboxylic acids is 1. The second kappa shape index (κ2) is 13.2. The molecule has 9 heteroatoms. The number of likely N-dealkylation sites (tertiary alicyclic amines) is 1. The van der Waals surface area contributed by atoms with Gasteiger partial charge in [0.25, 0.3) is 0 Å². The zero-order valence-electron chi connectivity index (χ0n) is 24.4. The van der Waals surface area contributed by atoms with Crippen molar-refractivity contribution < 1.29 is 29.0 Å². The van der Waals surface area contributed by atoms with Gasteiger partial charge in [-0.25, -0.2) is 4.79 Å². The van der Waals surface area contributed by atoms with Gasteiger partial charge in [0, 0.05) is 33.1 Å². The van der Waals surface area contributed by atoms with Gasteiger partial charge in [-0.05, 0) is 53.9 Å². The number of benzene rings is 2. The number of carboxylic acids is 1. The van der Waals surface area contributed by atoms with Crippen molar-refractivity contribution in [1.29, 1.82) is 0 Å². The van der Waals surface area contributed by atoms with Gasteiger partial charge in [-0.15, -0.1) is 0 Å². The highest BCUT2D eigenvalue weighted by molar-refractivity contribution is 5.93. The molecule has 2 aromatic rings. The van der Waals surface area contributed by atoms with Gasteiger partial charge in [0.2, 0.25) is 11.8 Å². The van der Waals surface area contributed by atoms with Crippen molar-refractivity contribution in [2.24, 2.45) is 5.92 Å². The third-order valence-corrected chi connectivity index (χ3v) is 8.21. The molecule has 1 aliphatic heterocycles. The molecular formula is C32H41N3O6. The van der Waals surface area contributed by atoms with Crippen molar-refractivity contribution in [2.75, 3.05) is 33.8 Å². The maximum atomic E-state index is 13.8. The van der Waals surface area contributed by atoms with E-state index < -0.39 is 36.5 Å². The van der Waals surface area contributed by atoms with Gasteiger partial charge in [0.05, 0.1) is 6.42 Å². The van der Waals surface area contributed by atoms with E-state index in [1.807, 2.05) is 50.2 Å². The lowest BCUT2D eigenvalue weighted by molar-refractivity contribution is -0.152. The molecule has 220 valence electrons. The van der Waals surface area contributed by atoms with Crippen LogP contribution < -0.4 is 0 Å². The SMILES string of the molecule is CC(C)CC(C(=O)N(C)[C@@H](CC(=O)O)C(=O)N1CCCCC1)N(C)C(=O)OCC1c2ccccc2-c2ccccc21. The third kappa shape index (κ3) is 6.72. The standard InChI is InChI=1S/C32H41N3O6/c1-21(2)18-27(30(38)33(3)28(19-29(36)37)31(39)35-16-10-5-11-17-35)34(4)32(40)41-20-26-24-14-8-6-12-22(24)23-13-7-9-15-25(23)26/h6-9,12-15,21,26-28H,5,10-11,16-20H2,1-4H3,(H,36,37)/t27?,28-/m0/s1. The number of carboxylic acid groups (broad SMARTS) is 1. The lowest BCUT2D eigenvalue weighted by Crippen LogP contribution is -2.56. The number of hydrogen-bond donors (Lipinski definition) is 1. The Balaban J connectivity index is 1.50. The predicted octanol–water partition coefficient (Wildman–Crippen LogP) is 4.60. The van der Waals surface area contributed by atoms with E-state index in [0.29, 0.717) is 19.5 Å². The van der Waals surface area contributed by atoms with Gasteiger partial charge in [-0.1, -0.05) is 62.4 Å². The van der Waals surface area contributed by atoms with Crippen LogP contribution in [0.2, 0.25) is 0 Å². The lowest BCUT2D eigenvalue weighted by Gasteiger charge is -2.37. The highest BCUT2D eigenvalue weighted by Crippen LogP contribution is 2.44. The fourth-order valence-electron chi connectivity index (χ4n) is 5.96. The topological polar surface area (TPSA) is 107 Å². The molecule has 1 fully saturated rings. The van der Waals surface area contributed by atoms with Gasteiger partial charge >= 0.3 is 12.1 Å². The number of piperidine rings is 1. The number of fused-ring (bicyclic) bond motifs is 3. The molecule has 2 aromatic carbocycles. The van der Waals surface area contributed by atoms with E-state index >= 15 is 0 Å². The second-order valence-electron chi connectivity index (χ2n) is 11.5. The third-order valence-electron chi connectivity index (χ3n) is 8.21. The van der Waals surface area contributed by atoms with Crippen LogP contribution in [0.25, 0.3) is 11.1 Å². The van der Waals surface area contributed by atoms with Crippen LogP contribution in [0.5, 0.6) is 0 Å². The molecule has 0 spiro atoms. The molecule has 0 bridgehead atoms. The van der Waals surface area contributed by atoms with Gasteiger partial charge in [0.15, 0.2) is 0 Å². The molecule has 9 nitrogen and oxygen atoms in total. The Bertz CT molecular complexity index is 1230. The molecule has 2 aliphatic rings. The molecule has 1 saturated heterocycles. The Morgan fingerprint density at radius 3 is 1.98 bits per heavy atom. The number of likely N-dealkylation sites (N-methyl/N-ethyl adjacent to an activating group) is 2. The quantitative estimate of drug-likeness (QED) is 0.453. The molecule has 41 heavy (non-hydrogen) atoms. The van der Waals surface area contributed by atoms with Crippen LogP contribution in [-0.4, -0.2) is 89.6 Å². The first-order chi connectivity index (χ1) is 19.6. The maximum absolute atomic E-state index is 13.8. The smallest absolute Gasteiger partial charge is 0.410 e. The minimum atomic E-state index is -1.16. The molecular weight excluding hydrogens is 522 g/mol. The van der Waals surface area contributed by atoms with Gasteiger partial charge in [-0.2, -0.15) is 0 Å². The molecule has 4 rings (SSSR count). The predicted molar refractivity (Wildman–Crippen MR) is 155 cm³/mol. The summed E-state index contributed by atoms with van der Waals surface area (Å²) in [5.74, 6) is -2.08. The molecule has 0 saturated carbocycles. The average Bonchev–Trinajstić information content (AvgIpc) is 3.29. The maximum Gasteiger partial charge on any atom is 0.410 e. The average molecular weight is 564 g/mol. The summed E-state index contributed by atoms with van der Waals surface area (Å²) in [7, 11) is 2.98. The fourth-order valence-corrected chi connectivity index (χ4v) is 5.96. The first kappa shape index (κ1) is 30.1. The first-order valence-electron chi connectivity index (χ1n) is 14.4. The van der Waals surface area contributed by atoms with E-state index in [1.165, 1.54) is 23.9 Å². The van der Waals surface area contributed by atoms with Gasteiger partial charge in [-0.3, -0.25) is 19.3 Å². The van der Waals surface area contributed by atoms with E-state index in [-0.39, 0.29) is 24.3 Å². The monoisotopic (exact) mass is 563 g/mol. The summed E-state index contributed by atoms with van der Waals surface area (Å²) in [6, 6.07) is 14.1. The van der Waals surface area contributed by atoms with Gasteiger partial charge < -0.3 is 19.6 Å². The van der Waals surface area contributed by atoms with Crippen LogP contribution in [-0.2, 0) is 19.1 Å². The lowest BCUT2D eigenvalue weighted by atomic mass is 9.98. The summed E-state index contributed by atoms with van der Waals surface area (Å²) < 4.78 is 5.81. The molecule has 1 heterocycles. The first-order valence-corrected chi connectivity index (χ1v) is 14.4. The molecule has 0 aromatic heterocycles. The molecule has 3 amide bonds. The summed E-state index contributed by atoms with van der Waals surface area (Å²) in [6.07, 6.45) is 1.91. The number of carbonyl (C=O) groups is 4. The molecule has 2 atom stereocenters. The van der Waals surface area contributed by atoms with Crippen LogP contribution in [0.3, 0.4) is 0 Å². The van der Waals surface area contributed by atoms with E-state index in [4.69, 9.17) is 4.74 Å². The largest absolute Gasteiger partial charge is 0.481 e. The second-order valence-corrected chi connectivity index (χ2v) is 11.5. The minimum Gasteiger partial charge on any atom is -0.481 e. The summed E-state index contributed by atoms with van der Waals surface area (Å²) in [6.45, 7) is 5.10. The normalized spacial score (nSPS) is 16.0. The van der Waals surface area contributed by atoms with Crippen molar-refractivity contribution in [3.05, 3.63) is 59.7 Å². The van der Waals surface area contributed by atoms with E-state index in [1.54, 1.807) is 4.90 Å². The van der Waals surface area contributed by atoms with Crippen LogP contribution in [0, 0.1) is 5.92 Å². The number of carbonyl (C=O) groups excluding carboxylic acids is 3. The van der Waals surface area contributed by atoms with Crippen molar-refractivity contribution >= 4 is 23.9 Å². The molecule has 1 unspecified atom stereocenters. The summed E-state index contributed by atoms with van der Waals surface area (Å²) >= 11 is 0. The van der Waals surface area contributed by atoms with Crippen LogP contribution in [0.1, 0.15) is 63.0 Å². The zero-order chi connectivity index (χ0) is 29.7. The summed E-state index contributed by atoms with van der Waals surface area (Å²) in [5, 5.41) is 9.56. The highest BCUT2D eigenvalue weighted by Gasteiger charge is 2.39. The minimum absolute atomic E-state index is 0.0527. The van der Waals surface area contributed by atoms with Crippen molar-refractivity contribution in [2.45, 2.75) is 64.0 Å². The van der Waals surface area contributed by atoms with Crippen molar-refractivity contribution in [3.63, 3.8) is 0 Å². The van der Waals surface area contributed by atoms with Crippen LogP contribution >= 0.6 is 0 Å². The Morgan fingerprint density at radius 2 is 1.44 bits per heavy atom. The number of amides is 3. The Kier molecular flexibility index (Phi) is 9.68. The van der Waals surface area contributed by atoms with Crippen molar-refractivity contribution in [1.82, 2.24) is 14.7 Å². The molecule has 1 N–H and O–H groups in total. The Hall–Kier alpha value is -3.88.